The van der Waals surface area contributed by atoms with Crippen LogP contribution in [0.4, 0.5) is 11.4 Å². The van der Waals surface area contributed by atoms with Crippen molar-refractivity contribution in [3.8, 4) is 5.75 Å². The summed E-state index contributed by atoms with van der Waals surface area (Å²) in [5.74, 6) is 0.684. The summed E-state index contributed by atoms with van der Waals surface area (Å²) in [7, 11) is 0. The number of rotatable bonds is 2. The van der Waals surface area contributed by atoms with Crippen molar-refractivity contribution in [3.05, 3.63) is 65.7 Å². The maximum Gasteiger partial charge on any atom is 0.228 e. The summed E-state index contributed by atoms with van der Waals surface area (Å²) in [6.07, 6.45) is 1.99. The highest BCUT2D eigenvalue weighted by molar-refractivity contribution is 6.00. The van der Waals surface area contributed by atoms with E-state index in [-0.39, 0.29) is 17.4 Å². The second-order valence-corrected chi connectivity index (χ2v) is 10.4. The second kappa shape index (κ2) is 6.57. The molecule has 1 atom stereocenters. The number of para-hydroxylation sites is 1. The standard InChI is InChI=1S/C27H30N2O2/c1-25(2,3)17-29-22-13-9-8-12-21(22)26(4,5)27(29)16-28-23-20-11-7-6-10-18(20)14-19(15-30)24(23)31-27/h6-14,16,30H,15,17H2,1-5H3. The van der Waals surface area contributed by atoms with Gasteiger partial charge in [-0.1, -0.05) is 63.2 Å². The van der Waals surface area contributed by atoms with E-state index >= 15 is 0 Å². The Labute approximate surface area is 184 Å². The van der Waals surface area contributed by atoms with Gasteiger partial charge in [-0.3, -0.25) is 4.99 Å². The minimum Gasteiger partial charge on any atom is -0.459 e. The van der Waals surface area contributed by atoms with Gasteiger partial charge in [-0.2, -0.15) is 0 Å². The first-order valence-corrected chi connectivity index (χ1v) is 10.9. The number of anilines is 1. The Hall–Kier alpha value is -2.85. The Morgan fingerprint density at radius 2 is 1.74 bits per heavy atom. The lowest BCUT2D eigenvalue weighted by Gasteiger charge is -2.48. The van der Waals surface area contributed by atoms with Crippen LogP contribution in [0.25, 0.3) is 10.8 Å². The molecule has 0 aromatic heterocycles. The lowest BCUT2D eigenvalue weighted by atomic mass is 9.77. The molecule has 1 N–H and O–H groups in total. The average molecular weight is 415 g/mol. The van der Waals surface area contributed by atoms with Crippen molar-refractivity contribution in [2.75, 3.05) is 11.4 Å². The van der Waals surface area contributed by atoms with Gasteiger partial charge in [0, 0.05) is 23.2 Å². The molecule has 160 valence electrons. The van der Waals surface area contributed by atoms with Crippen molar-refractivity contribution < 1.29 is 9.84 Å². The van der Waals surface area contributed by atoms with E-state index < -0.39 is 5.72 Å². The summed E-state index contributed by atoms with van der Waals surface area (Å²) >= 11 is 0. The van der Waals surface area contributed by atoms with Crippen molar-refractivity contribution in [1.82, 2.24) is 0 Å². The molecule has 0 aliphatic carbocycles. The van der Waals surface area contributed by atoms with E-state index in [1.165, 1.54) is 11.3 Å². The molecule has 1 spiro atoms. The maximum atomic E-state index is 10.2. The van der Waals surface area contributed by atoms with Gasteiger partial charge in [0.25, 0.3) is 0 Å². The highest BCUT2D eigenvalue weighted by Gasteiger charge is 2.60. The highest BCUT2D eigenvalue weighted by atomic mass is 16.5. The number of ether oxygens (including phenoxy) is 1. The lowest BCUT2D eigenvalue weighted by molar-refractivity contribution is 0.0691. The molecular weight excluding hydrogens is 384 g/mol. The van der Waals surface area contributed by atoms with Crippen LogP contribution < -0.4 is 9.64 Å². The summed E-state index contributed by atoms with van der Waals surface area (Å²) in [6.45, 7) is 11.9. The monoisotopic (exact) mass is 414 g/mol. The first-order valence-electron chi connectivity index (χ1n) is 10.9. The van der Waals surface area contributed by atoms with Crippen LogP contribution in [-0.4, -0.2) is 23.6 Å². The first kappa shape index (κ1) is 20.1. The second-order valence-electron chi connectivity index (χ2n) is 10.4. The molecule has 0 radical (unpaired) electrons. The molecule has 0 fully saturated rings. The van der Waals surface area contributed by atoms with E-state index in [0.717, 1.165) is 28.6 Å². The molecule has 4 heteroatoms. The normalized spacial score (nSPS) is 21.3. The molecule has 0 amide bonds. The number of aliphatic hydroxyl groups is 1. The third-order valence-electron chi connectivity index (χ3n) is 6.65. The van der Waals surface area contributed by atoms with E-state index in [1.54, 1.807) is 0 Å². The zero-order valence-corrected chi connectivity index (χ0v) is 18.9. The van der Waals surface area contributed by atoms with Crippen LogP contribution in [0.3, 0.4) is 0 Å². The average Bonchev–Trinajstić information content (AvgIpc) is 2.91. The van der Waals surface area contributed by atoms with Crippen LogP contribution >= 0.6 is 0 Å². The number of hydrogen-bond acceptors (Lipinski definition) is 4. The smallest absolute Gasteiger partial charge is 0.228 e. The summed E-state index contributed by atoms with van der Waals surface area (Å²) in [5.41, 5.74) is 2.95. The fraction of sp³-hybridized carbons (Fsp3) is 0.370. The zero-order valence-electron chi connectivity index (χ0n) is 18.9. The molecule has 0 saturated heterocycles. The van der Waals surface area contributed by atoms with E-state index in [1.807, 2.05) is 24.4 Å². The van der Waals surface area contributed by atoms with Crippen LogP contribution in [-0.2, 0) is 12.0 Å². The fourth-order valence-electron chi connectivity index (χ4n) is 5.10. The molecule has 2 aliphatic heterocycles. The Balaban J connectivity index is 1.76. The Morgan fingerprint density at radius 3 is 2.48 bits per heavy atom. The van der Waals surface area contributed by atoms with Crippen LogP contribution in [0, 0.1) is 5.41 Å². The van der Waals surface area contributed by atoms with Gasteiger partial charge in [-0.15, -0.1) is 0 Å². The van der Waals surface area contributed by atoms with Gasteiger partial charge in [0.2, 0.25) is 5.72 Å². The van der Waals surface area contributed by atoms with E-state index in [9.17, 15) is 5.11 Å². The summed E-state index contributed by atoms with van der Waals surface area (Å²) in [6, 6.07) is 18.7. The number of aliphatic hydroxyl groups excluding tert-OH is 1. The number of nitrogens with zero attached hydrogens (tertiary/aromatic N) is 2. The quantitative estimate of drug-likeness (QED) is 0.562. The Morgan fingerprint density at radius 1 is 1.03 bits per heavy atom. The SMILES string of the molecule is CC(C)(C)CN1c2ccccc2C(C)(C)C12C=Nc1c(c(CO)cc3ccccc13)O2. The number of benzene rings is 3. The Kier molecular flexibility index (Phi) is 4.26. The largest absolute Gasteiger partial charge is 0.459 e. The molecule has 5 rings (SSSR count). The lowest BCUT2D eigenvalue weighted by Crippen LogP contribution is -2.63. The van der Waals surface area contributed by atoms with Crippen LogP contribution in [0.2, 0.25) is 0 Å². The molecule has 0 saturated carbocycles. The zero-order chi connectivity index (χ0) is 22.0. The molecule has 0 bridgehead atoms. The molecule has 4 nitrogen and oxygen atoms in total. The molecule has 2 aliphatic rings. The van der Waals surface area contributed by atoms with Gasteiger partial charge in [0.1, 0.15) is 5.69 Å². The Bertz CT molecular complexity index is 1210. The predicted molar refractivity (Wildman–Crippen MR) is 128 cm³/mol. The van der Waals surface area contributed by atoms with Gasteiger partial charge in [0.15, 0.2) is 5.75 Å². The van der Waals surface area contributed by atoms with Gasteiger partial charge < -0.3 is 14.7 Å². The molecule has 2 heterocycles. The van der Waals surface area contributed by atoms with Gasteiger partial charge in [-0.05, 0) is 42.3 Å². The minimum atomic E-state index is -0.774. The van der Waals surface area contributed by atoms with Crippen LogP contribution in [0.5, 0.6) is 5.75 Å². The number of aliphatic imine (C=N–C) groups is 1. The van der Waals surface area contributed by atoms with E-state index in [4.69, 9.17) is 9.73 Å². The third-order valence-corrected chi connectivity index (χ3v) is 6.65. The van der Waals surface area contributed by atoms with Gasteiger partial charge in [-0.25, -0.2) is 0 Å². The summed E-state index contributed by atoms with van der Waals surface area (Å²) in [4.78, 5) is 7.39. The number of hydrogen-bond donors (Lipinski definition) is 1. The topological polar surface area (TPSA) is 45.1 Å². The van der Waals surface area contributed by atoms with Crippen LogP contribution in [0.1, 0.15) is 45.7 Å². The van der Waals surface area contributed by atoms with Crippen LogP contribution in [0.15, 0.2) is 59.6 Å². The predicted octanol–water partition coefficient (Wildman–Crippen LogP) is 5.97. The van der Waals surface area contributed by atoms with Crippen molar-refractivity contribution in [1.29, 1.82) is 0 Å². The molecule has 31 heavy (non-hydrogen) atoms. The van der Waals surface area contributed by atoms with E-state index in [2.05, 4.69) is 75.9 Å². The highest BCUT2D eigenvalue weighted by Crippen LogP contribution is 2.56. The van der Waals surface area contributed by atoms with Gasteiger partial charge in [0.05, 0.1) is 18.2 Å². The van der Waals surface area contributed by atoms with Gasteiger partial charge >= 0.3 is 0 Å². The van der Waals surface area contributed by atoms with E-state index in [0.29, 0.717) is 5.75 Å². The third kappa shape index (κ3) is 2.81. The molecule has 3 aromatic rings. The van der Waals surface area contributed by atoms with Crippen molar-refractivity contribution in [3.63, 3.8) is 0 Å². The summed E-state index contributed by atoms with van der Waals surface area (Å²) in [5, 5.41) is 12.3. The van der Waals surface area contributed by atoms with Crippen molar-refractivity contribution in [2.24, 2.45) is 10.4 Å². The number of fused-ring (bicyclic) bond motifs is 4. The minimum absolute atomic E-state index is 0.0567. The van der Waals surface area contributed by atoms with Crippen molar-refractivity contribution >= 4 is 28.4 Å². The molecule has 3 aromatic carbocycles. The first-order chi connectivity index (χ1) is 14.7. The summed E-state index contributed by atoms with van der Waals surface area (Å²) < 4.78 is 6.98. The molecule has 1 unspecified atom stereocenters. The molecular formula is C27H30N2O2. The fourth-order valence-corrected chi connectivity index (χ4v) is 5.10. The van der Waals surface area contributed by atoms with Crippen molar-refractivity contribution in [2.45, 2.75) is 52.4 Å². The maximum absolute atomic E-state index is 10.2.